The van der Waals surface area contributed by atoms with E-state index in [1.165, 1.54) is 0 Å². The van der Waals surface area contributed by atoms with Crippen LogP contribution in [0.4, 0.5) is 0 Å². The zero-order valence-corrected chi connectivity index (χ0v) is 14.0. The summed E-state index contributed by atoms with van der Waals surface area (Å²) in [6.07, 6.45) is 0. The van der Waals surface area contributed by atoms with Crippen LogP contribution in [0, 0.1) is 5.92 Å². The molecule has 5 nitrogen and oxygen atoms in total. The van der Waals surface area contributed by atoms with Crippen LogP contribution in [0.1, 0.15) is 26.3 Å². The zero-order chi connectivity index (χ0) is 15.6. The summed E-state index contributed by atoms with van der Waals surface area (Å²) < 4.78 is 27.7. The summed E-state index contributed by atoms with van der Waals surface area (Å²) in [5, 5.41) is 0. The molecule has 116 valence electrons. The van der Waals surface area contributed by atoms with Crippen molar-refractivity contribution < 1.29 is 13.2 Å². The molecule has 0 radical (unpaired) electrons. The minimum Gasteiger partial charge on any atom is -0.272 e. The third kappa shape index (κ3) is 3.41. The van der Waals surface area contributed by atoms with Crippen molar-refractivity contribution in [1.29, 1.82) is 0 Å². The molecule has 0 unspecified atom stereocenters. The molecule has 1 aromatic rings. The molecule has 2 rings (SSSR count). The Bertz CT molecular complexity index is 629. The van der Waals surface area contributed by atoms with Crippen molar-refractivity contribution >= 4 is 27.9 Å². The standard InChI is InChI=1S/C14H20N2O3S2/c1-4-20-12-8-6-5-7-11(12)9-16-14(17)13(10(2)3)15-21(16,18)19/h5-8,10,13,15H,4,9H2,1-3H3/t13-/m0/s1. The number of hydrogen-bond acceptors (Lipinski definition) is 4. The first kappa shape index (κ1) is 16.3. The first-order valence-electron chi connectivity index (χ1n) is 6.91. The molecular weight excluding hydrogens is 308 g/mol. The number of hydrogen-bond donors (Lipinski definition) is 1. The van der Waals surface area contributed by atoms with Gasteiger partial charge in [-0.2, -0.15) is 13.1 Å². The Kier molecular flexibility index (Phi) is 4.95. The maximum atomic E-state index is 12.3. The predicted octanol–water partition coefficient (Wildman–Crippen LogP) is 2.00. The Labute approximate surface area is 130 Å². The van der Waals surface area contributed by atoms with E-state index in [0.29, 0.717) is 0 Å². The van der Waals surface area contributed by atoms with Gasteiger partial charge in [-0.15, -0.1) is 11.8 Å². The molecule has 1 aromatic carbocycles. The molecular formula is C14H20N2O3S2. The molecule has 1 fully saturated rings. The largest absolute Gasteiger partial charge is 0.304 e. The molecule has 0 aromatic heterocycles. The summed E-state index contributed by atoms with van der Waals surface area (Å²) >= 11 is 1.64. The highest BCUT2D eigenvalue weighted by molar-refractivity contribution is 7.99. The number of thioether (sulfide) groups is 1. The number of nitrogens with one attached hydrogen (secondary N) is 1. The van der Waals surface area contributed by atoms with E-state index in [0.717, 1.165) is 20.5 Å². The minimum absolute atomic E-state index is 0.0717. The lowest BCUT2D eigenvalue weighted by Crippen LogP contribution is -2.34. The Morgan fingerprint density at radius 2 is 2.00 bits per heavy atom. The molecule has 1 saturated heterocycles. The number of amides is 1. The normalized spacial score (nSPS) is 21.2. The van der Waals surface area contributed by atoms with E-state index in [2.05, 4.69) is 4.72 Å². The summed E-state index contributed by atoms with van der Waals surface area (Å²) in [6, 6.07) is 6.92. The molecule has 1 aliphatic rings. The smallest absolute Gasteiger partial charge is 0.272 e. The lowest BCUT2D eigenvalue weighted by atomic mass is 10.0. The maximum Gasteiger partial charge on any atom is 0.304 e. The van der Waals surface area contributed by atoms with Crippen LogP contribution in [0.2, 0.25) is 0 Å². The van der Waals surface area contributed by atoms with Gasteiger partial charge in [0.15, 0.2) is 0 Å². The van der Waals surface area contributed by atoms with E-state index in [4.69, 9.17) is 0 Å². The topological polar surface area (TPSA) is 66.5 Å². The van der Waals surface area contributed by atoms with Gasteiger partial charge in [0.1, 0.15) is 6.04 Å². The van der Waals surface area contributed by atoms with Gasteiger partial charge in [-0.25, -0.2) is 4.31 Å². The highest BCUT2D eigenvalue weighted by Gasteiger charge is 2.44. The quantitative estimate of drug-likeness (QED) is 0.840. The average Bonchev–Trinajstić information content (AvgIpc) is 2.65. The number of rotatable bonds is 5. The number of nitrogens with zero attached hydrogens (tertiary/aromatic N) is 1. The molecule has 1 aliphatic heterocycles. The number of benzene rings is 1. The maximum absolute atomic E-state index is 12.3. The van der Waals surface area contributed by atoms with E-state index >= 15 is 0 Å². The first-order chi connectivity index (χ1) is 9.86. The number of carbonyl (C=O) groups excluding carboxylic acids is 1. The van der Waals surface area contributed by atoms with Gasteiger partial charge >= 0.3 is 10.2 Å². The summed E-state index contributed by atoms with van der Waals surface area (Å²) in [7, 11) is -3.74. The number of carbonyl (C=O) groups is 1. The Hall–Kier alpha value is -1.05. The summed E-state index contributed by atoms with van der Waals surface area (Å²) in [5.41, 5.74) is 0.854. The SMILES string of the molecule is CCSc1ccccc1CN1C(=O)[C@H](C(C)C)NS1(=O)=O. The molecule has 1 N–H and O–H groups in total. The third-order valence-corrected chi connectivity index (χ3v) is 5.77. The van der Waals surface area contributed by atoms with Gasteiger partial charge in [0.2, 0.25) is 0 Å². The fourth-order valence-electron chi connectivity index (χ4n) is 2.22. The Morgan fingerprint density at radius 1 is 1.33 bits per heavy atom. The van der Waals surface area contributed by atoms with E-state index in [1.54, 1.807) is 11.8 Å². The van der Waals surface area contributed by atoms with Gasteiger partial charge in [0.05, 0.1) is 6.54 Å². The molecule has 21 heavy (non-hydrogen) atoms. The average molecular weight is 328 g/mol. The van der Waals surface area contributed by atoms with Gasteiger partial charge in [-0.05, 0) is 23.3 Å². The lowest BCUT2D eigenvalue weighted by Gasteiger charge is -2.17. The summed E-state index contributed by atoms with van der Waals surface area (Å²) in [6.45, 7) is 5.78. The van der Waals surface area contributed by atoms with E-state index in [1.807, 2.05) is 45.0 Å². The molecule has 7 heteroatoms. The van der Waals surface area contributed by atoms with Crippen molar-refractivity contribution in [2.45, 2.75) is 38.3 Å². The van der Waals surface area contributed by atoms with Crippen molar-refractivity contribution in [1.82, 2.24) is 9.03 Å². The van der Waals surface area contributed by atoms with E-state index in [-0.39, 0.29) is 18.4 Å². The van der Waals surface area contributed by atoms with Gasteiger partial charge in [-0.3, -0.25) is 4.79 Å². The van der Waals surface area contributed by atoms with Gasteiger partial charge in [-0.1, -0.05) is 39.0 Å². The molecule has 0 saturated carbocycles. The fourth-order valence-corrected chi connectivity index (χ4v) is 4.50. The second kappa shape index (κ2) is 6.37. The second-order valence-corrected chi connectivity index (χ2v) is 8.16. The third-order valence-electron chi connectivity index (χ3n) is 3.33. The summed E-state index contributed by atoms with van der Waals surface area (Å²) in [5.74, 6) is 0.448. The highest BCUT2D eigenvalue weighted by atomic mass is 32.2. The minimum atomic E-state index is -3.74. The van der Waals surface area contributed by atoms with Crippen LogP contribution in [-0.4, -0.2) is 30.4 Å². The van der Waals surface area contributed by atoms with Gasteiger partial charge in [0, 0.05) is 4.90 Å². The molecule has 1 heterocycles. The monoisotopic (exact) mass is 328 g/mol. The molecule has 0 spiro atoms. The van der Waals surface area contributed by atoms with Crippen LogP contribution in [-0.2, 0) is 21.5 Å². The van der Waals surface area contributed by atoms with Crippen LogP contribution in [0.3, 0.4) is 0 Å². The fraction of sp³-hybridized carbons (Fsp3) is 0.500. The highest BCUT2D eigenvalue weighted by Crippen LogP contribution is 2.26. The molecule has 1 atom stereocenters. The van der Waals surface area contributed by atoms with Gasteiger partial charge < -0.3 is 0 Å². The van der Waals surface area contributed by atoms with Crippen molar-refractivity contribution in [2.24, 2.45) is 5.92 Å². The summed E-state index contributed by atoms with van der Waals surface area (Å²) in [4.78, 5) is 13.3. The van der Waals surface area contributed by atoms with Crippen LogP contribution in [0.25, 0.3) is 0 Å². The van der Waals surface area contributed by atoms with Gasteiger partial charge in [0.25, 0.3) is 5.91 Å². The van der Waals surface area contributed by atoms with Crippen molar-refractivity contribution in [3.63, 3.8) is 0 Å². The van der Waals surface area contributed by atoms with Crippen molar-refractivity contribution in [3.05, 3.63) is 29.8 Å². The van der Waals surface area contributed by atoms with E-state index in [9.17, 15) is 13.2 Å². The van der Waals surface area contributed by atoms with Crippen molar-refractivity contribution in [3.8, 4) is 0 Å². The van der Waals surface area contributed by atoms with Crippen LogP contribution < -0.4 is 4.72 Å². The molecule has 0 bridgehead atoms. The van der Waals surface area contributed by atoms with Crippen LogP contribution >= 0.6 is 11.8 Å². The second-order valence-electron chi connectivity index (χ2n) is 5.23. The molecule has 0 aliphatic carbocycles. The van der Waals surface area contributed by atoms with Crippen molar-refractivity contribution in [2.75, 3.05) is 5.75 Å². The Balaban J connectivity index is 2.29. The molecule has 1 amide bonds. The lowest BCUT2D eigenvalue weighted by molar-refractivity contribution is -0.127. The Morgan fingerprint density at radius 3 is 2.57 bits per heavy atom. The van der Waals surface area contributed by atoms with Crippen LogP contribution in [0.15, 0.2) is 29.2 Å². The zero-order valence-electron chi connectivity index (χ0n) is 12.4. The predicted molar refractivity (Wildman–Crippen MR) is 84.1 cm³/mol. The van der Waals surface area contributed by atoms with E-state index < -0.39 is 16.3 Å². The first-order valence-corrected chi connectivity index (χ1v) is 9.34. The van der Waals surface area contributed by atoms with Crippen LogP contribution in [0.5, 0.6) is 0 Å².